The van der Waals surface area contributed by atoms with Gasteiger partial charge in [-0.05, 0) is 29.0 Å². The largest absolute Gasteiger partial charge is 0.398 e. The number of hydrogen-bond acceptors (Lipinski definition) is 2. The average molecular weight is 192 g/mol. The summed E-state index contributed by atoms with van der Waals surface area (Å²) in [6, 6.07) is 4.00. The van der Waals surface area contributed by atoms with E-state index in [9.17, 15) is 0 Å². The molecule has 0 atom stereocenters. The molecule has 78 valence electrons. The number of nitrogens with two attached hydrogens (primary N) is 2. The van der Waals surface area contributed by atoms with Gasteiger partial charge in [-0.25, -0.2) is 0 Å². The Kier molecular flexibility index (Phi) is 2.74. The summed E-state index contributed by atoms with van der Waals surface area (Å²) >= 11 is 0. The smallest absolute Gasteiger partial charge is 0.0372 e. The van der Waals surface area contributed by atoms with Crippen LogP contribution in [0.3, 0.4) is 0 Å². The van der Waals surface area contributed by atoms with E-state index >= 15 is 0 Å². The number of aryl methyl sites for hydroxylation is 1. The molecule has 0 amide bonds. The number of benzene rings is 1. The monoisotopic (exact) mass is 192 g/mol. The molecule has 2 heteroatoms. The van der Waals surface area contributed by atoms with Crippen molar-refractivity contribution in [3.8, 4) is 0 Å². The van der Waals surface area contributed by atoms with Gasteiger partial charge in [-0.1, -0.05) is 33.8 Å². The number of anilines is 2. The van der Waals surface area contributed by atoms with E-state index in [2.05, 4.69) is 33.8 Å². The maximum Gasteiger partial charge on any atom is 0.0372 e. The Hall–Kier alpha value is -1.18. The van der Waals surface area contributed by atoms with Gasteiger partial charge in [0.1, 0.15) is 0 Å². The van der Waals surface area contributed by atoms with E-state index in [0.717, 1.165) is 17.8 Å². The summed E-state index contributed by atoms with van der Waals surface area (Å²) < 4.78 is 0. The van der Waals surface area contributed by atoms with Crippen LogP contribution in [-0.4, -0.2) is 0 Å². The van der Waals surface area contributed by atoms with E-state index in [-0.39, 0.29) is 5.41 Å². The van der Waals surface area contributed by atoms with Crippen molar-refractivity contribution < 1.29 is 0 Å². The van der Waals surface area contributed by atoms with Crippen molar-refractivity contribution in [1.82, 2.24) is 0 Å². The van der Waals surface area contributed by atoms with Crippen LogP contribution in [0.1, 0.15) is 38.8 Å². The van der Waals surface area contributed by atoms with Crippen LogP contribution >= 0.6 is 0 Å². The zero-order valence-corrected chi connectivity index (χ0v) is 9.52. The normalized spacial score (nSPS) is 11.7. The van der Waals surface area contributed by atoms with Crippen LogP contribution in [0.4, 0.5) is 11.4 Å². The summed E-state index contributed by atoms with van der Waals surface area (Å²) in [5.41, 5.74) is 15.9. The fourth-order valence-electron chi connectivity index (χ4n) is 1.63. The number of hydrogen-bond donors (Lipinski definition) is 2. The lowest BCUT2D eigenvalue weighted by atomic mass is 9.84. The van der Waals surface area contributed by atoms with Gasteiger partial charge in [-0.2, -0.15) is 0 Å². The first-order chi connectivity index (χ1) is 6.36. The summed E-state index contributed by atoms with van der Waals surface area (Å²) in [6.45, 7) is 8.59. The van der Waals surface area contributed by atoms with Gasteiger partial charge in [0.2, 0.25) is 0 Å². The highest BCUT2D eigenvalue weighted by atomic mass is 14.6. The second-order valence-electron chi connectivity index (χ2n) is 4.74. The lowest BCUT2D eigenvalue weighted by Gasteiger charge is -2.22. The minimum atomic E-state index is 0.0850. The first-order valence-corrected chi connectivity index (χ1v) is 5.04. The maximum atomic E-state index is 5.95. The molecule has 0 unspecified atom stereocenters. The summed E-state index contributed by atoms with van der Waals surface area (Å²) in [5.74, 6) is 0. The van der Waals surface area contributed by atoms with Crippen LogP contribution in [0.2, 0.25) is 0 Å². The highest BCUT2D eigenvalue weighted by Crippen LogP contribution is 2.31. The van der Waals surface area contributed by atoms with E-state index in [4.69, 9.17) is 11.5 Å². The van der Waals surface area contributed by atoms with Crippen LogP contribution in [0, 0.1) is 0 Å². The molecule has 0 aromatic heterocycles. The van der Waals surface area contributed by atoms with Crippen LogP contribution in [0.25, 0.3) is 0 Å². The van der Waals surface area contributed by atoms with E-state index in [1.165, 1.54) is 11.1 Å². The van der Waals surface area contributed by atoms with Gasteiger partial charge >= 0.3 is 0 Å². The molecule has 1 rings (SSSR count). The first kappa shape index (κ1) is 10.9. The molecule has 0 spiro atoms. The highest BCUT2D eigenvalue weighted by Gasteiger charge is 2.18. The molecule has 4 N–H and O–H groups in total. The summed E-state index contributed by atoms with van der Waals surface area (Å²) in [4.78, 5) is 0. The van der Waals surface area contributed by atoms with E-state index in [1.807, 2.05) is 6.07 Å². The predicted octanol–water partition coefficient (Wildman–Crippen LogP) is 2.71. The average Bonchev–Trinajstić information content (AvgIpc) is 2.02. The van der Waals surface area contributed by atoms with Gasteiger partial charge in [0, 0.05) is 11.4 Å². The van der Waals surface area contributed by atoms with Crippen LogP contribution in [0.15, 0.2) is 12.1 Å². The van der Waals surface area contributed by atoms with Crippen molar-refractivity contribution in [3.63, 3.8) is 0 Å². The van der Waals surface area contributed by atoms with Gasteiger partial charge < -0.3 is 11.5 Å². The lowest BCUT2D eigenvalue weighted by molar-refractivity contribution is 0.592. The summed E-state index contributed by atoms with van der Waals surface area (Å²) in [5, 5.41) is 0. The van der Waals surface area contributed by atoms with E-state index in [0.29, 0.717) is 0 Å². The van der Waals surface area contributed by atoms with E-state index < -0.39 is 0 Å². The molecular weight excluding hydrogens is 172 g/mol. The molecule has 2 nitrogen and oxygen atoms in total. The van der Waals surface area contributed by atoms with Crippen molar-refractivity contribution in [1.29, 1.82) is 0 Å². The molecule has 1 aromatic rings. The fraction of sp³-hybridized carbons (Fsp3) is 0.500. The highest BCUT2D eigenvalue weighted by molar-refractivity contribution is 5.63. The second kappa shape index (κ2) is 3.52. The summed E-state index contributed by atoms with van der Waals surface area (Å²) in [6.07, 6.45) is 0.954. The third-order valence-electron chi connectivity index (χ3n) is 2.50. The Balaban J connectivity index is 3.32. The second-order valence-corrected chi connectivity index (χ2v) is 4.74. The molecule has 0 heterocycles. The van der Waals surface area contributed by atoms with Crippen molar-refractivity contribution in [2.24, 2.45) is 0 Å². The van der Waals surface area contributed by atoms with Crippen LogP contribution in [-0.2, 0) is 11.8 Å². The molecule has 1 aromatic carbocycles. The predicted molar refractivity (Wildman–Crippen MR) is 63.3 cm³/mol. The SMILES string of the molecule is CCc1cc(C(C)(C)C)c(N)cc1N. The topological polar surface area (TPSA) is 52.0 Å². The maximum absolute atomic E-state index is 5.95. The van der Waals surface area contributed by atoms with Crippen molar-refractivity contribution in [2.45, 2.75) is 39.5 Å². The van der Waals surface area contributed by atoms with Gasteiger partial charge in [0.05, 0.1) is 0 Å². The number of rotatable bonds is 1. The Morgan fingerprint density at radius 1 is 1.07 bits per heavy atom. The first-order valence-electron chi connectivity index (χ1n) is 5.04. The van der Waals surface area contributed by atoms with E-state index in [1.54, 1.807) is 0 Å². The Labute approximate surface area is 86.3 Å². The molecule has 0 aliphatic heterocycles. The Morgan fingerprint density at radius 3 is 2.07 bits per heavy atom. The van der Waals surface area contributed by atoms with Crippen molar-refractivity contribution in [3.05, 3.63) is 23.3 Å². The molecule has 14 heavy (non-hydrogen) atoms. The molecule has 0 bridgehead atoms. The minimum Gasteiger partial charge on any atom is -0.398 e. The fourth-order valence-corrected chi connectivity index (χ4v) is 1.63. The quantitative estimate of drug-likeness (QED) is 0.672. The van der Waals surface area contributed by atoms with Crippen LogP contribution < -0.4 is 11.5 Å². The zero-order valence-electron chi connectivity index (χ0n) is 9.52. The van der Waals surface area contributed by atoms with Crippen molar-refractivity contribution in [2.75, 3.05) is 11.5 Å². The molecule has 0 aliphatic rings. The molecular formula is C12H20N2. The van der Waals surface area contributed by atoms with Gasteiger partial charge in [0.25, 0.3) is 0 Å². The molecule has 0 fully saturated rings. The Bertz CT molecular complexity index is 335. The third-order valence-corrected chi connectivity index (χ3v) is 2.50. The Morgan fingerprint density at radius 2 is 1.64 bits per heavy atom. The number of nitrogen functional groups attached to an aromatic ring is 2. The summed E-state index contributed by atoms with van der Waals surface area (Å²) in [7, 11) is 0. The standard InChI is InChI=1S/C12H20N2/c1-5-8-6-9(12(2,3)4)11(14)7-10(8)13/h6-7H,5,13-14H2,1-4H3. The molecule has 0 saturated heterocycles. The molecule has 0 radical (unpaired) electrons. The third kappa shape index (κ3) is 2.00. The van der Waals surface area contributed by atoms with Crippen LogP contribution in [0.5, 0.6) is 0 Å². The van der Waals surface area contributed by atoms with Gasteiger partial charge in [-0.3, -0.25) is 0 Å². The van der Waals surface area contributed by atoms with Crippen molar-refractivity contribution >= 4 is 11.4 Å². The van der Waals surface area contributed by atoms with Gasteiger partial charge in [0.15, 0.2) is 0 Å². The lowest BCUT2D eigenvalue weighted by Crippen LogP contribution is -2.15. The minimum absolute atomic E-state index is 0.0850. The molecule has 0 aliphatic carbocycles. The zero-order chi connectivity index (χ0) is 10.9. The molecule has 0 saturated carbocycles. The van der Waals surface area contributed by atoms with Gasteiger partial charge in [-0.15, -0.1) is 0 Å².